The fourth-order valence-electron chi connectivity index (χ4n) is 3.36. The van der Waals surface area contributed by atoms with E-state index in [-0.39, 0.29) is 0 Å². The van der Waals surface area contributed by atoms with Crippen molar-refractivity contribution in [2.75, 3.05) is 25.1 Å². The van der Waals surface area contributed by atoms with Crippen LogP contribution in [0.25, 0.3) is 0 Å². The van der Waals surface area contributed by atoms with Gasteiger partial charge in [0.15, 0.2) is 0 Å². The van der Waals surface area contributed by atoms with Gasteiger partial charge in [0.2, 0.25) is 0 Å². The second-order valence-corrected chi connectivity index (χ2v) is 7.13. The van der Waals surface area contributed by atoms with E-state index in [4.69, 9.17) is 14.7 Å². The predicted molar refractivity (Wildman–Crippen MR) is 92.9 cm³/mol. The van der Waals surface area contributed by atoms with Crippen molar-refractivity contribution in [2.24, 2.45) is 0 Å². The Labute approximate surface area is 140 Å². The smallest absolute Gasteiger partial charge is 0.143 e. The summed E-state index contributed by atoms with van der Waals surface area (Å²) in [7, 11) is 0. The quantitative estimate of drug-likeness (QED) is 0.773. The highest BCUT2D eigenvalue weighted by molar-refractivity contribution is 14.1. The van der Waals surface area contributed by atoms with E-state index in [9.17, 15) is 0 Å². The van der Waals surface area contributed by atoms with Gasteiger partial charge in [0.25, 0.3) is 0 Å². The third-order valence-corrected chi connectivity index (χ3v) is 5.57. The van der Waals surface area contributed by atoms with Crippen molar-refractivity contribution in [1.82, 2.24) is 9.97 Å². The van der Waals surface area contributed by atoms with Gasteiger partial charge in [-0.05, 0) is 55.2 Å². The predicted octanol–water partition coefficient (Wildman–Crippen LogP) is 4.06. The molecule has 1 saturated heterocycles. The monoisotopic (exact) mass is 401 g/mol. The van der Waals surface area contributed by atoms with Gasteiger partial charge in [-0.15, -0.1) is 0 Å². The number of aromatic nitrogens is 2. The lowest BCUT2D eigenvalue weighted by molar-refractivity contribution is 0.0780. The normalized spacial score (nSPS) is 23.4. The van der Waals surface area contributed by atoms with E-state index in [2.05, 4.69) is 34.8 Å². The minimum absolute atomic E-state index is 0.369. The van der Waals surface area contributed by atoms with Crippen molar-refractivity contribution < 1.29 is 4.74 Å². The maximum absolute atomic E-state index is 5.63. The second-order valence-electron chi connectivity index (χ2n) is 6.06. The lowest BCUT2D eigenvalue weighted by atomic mass is 9.99. The summed E-state index contributed by atoms with van der Waals surface area (Å²) in [5, 5.41) is 3.42. The van der Waals surface area contributed by atoms with E-state index in [1.54, 1.807) is 0 Å². The largest absolute Gasteiger partial charge is 0.381 e. The summed E-state index contributed by atoms with van der Waals surface area (Å²) in [6, 6.07) is 0. The molecule has 1 aliphatic carbocycles. The molecule has 0 spiro atoms. The van der Waals surface area contributed by atoms with E-state index in [1.165, 1.54) is 34.9 Å². The first-order valence-electron chi connectivity index (χ1n) is 8.18. The van der Waals surface area contributed by atoms with Crippen LogP contribution in [-0.2, 0) is 4.74 Å². The molecular formula is C16H24IN3O. The van der Waals surface area contributed by atoms with Crippen LogP contribution < -0.4 is 5.32 Å². The van der Waals surface area contributed by atoms with Crippen molar-refractivity contribution in [1.29, 1.82) is 0 Å². The highest BCUT2D eigenvalue weighted by Gasteiger charge is 2.26. The van der Waals surface area contributed by atoms with Gasteiger partial charge < -0.3 is 10.1 Å². The number of nitrogens with one attached hydrogen (secondary N) is 1. The minimum Gasteiger partial charge on any atom is -0.381 e. The summed E-state index contributed by atoms with van der Waals surface area (Å²) >= 11 is 2.42. The summed E-state index contributed by atoms with van der Waals surface area (Å²) in [5.74, 6) is 3.01. The van der Waals surface area contributed by atoms with Crippen molar-refractivity contribution >= 4 is 28.4 Å². The Hall–Kier alpha value is -0.430. The van der Waals surface area contributed by atoms with Crippen LogP contribution in [0.4, 0.5) is 5.82 Å². The standard InChI is InChI=1S/C16H24IN3O/c1-2-18-16-13(17)14(11-6-3-4-7-11)19-15(20-16)12-8-5-9-21-10-12/h11-12H,2-10H2,1H3,(H,18,19,20). The molecule has 4 nitrogen and oxygen atoms in total. The number of ether oxygens (including phenoxy) is 1. The fraction of sp³-hybridized carbons (Fsp3) is 0.750. The summed E-state index contributed by atoms with van der Waals surface area (Å²) < 4.78 is 6.85. The number of halogens is 1. The molecule has 1 atom stereocenters. The van der Waals surface area contributed by atoms with Gasteiger partial charge in [-0.2, -0.15) is 0 Å². The molecule has 5 heteroatoms. The molecule has 116 valence electrons. The van der Waals surface area contributed by atoms with Crippen LogP contribution >= 0.6 is 22.6 Å². The van der Waals surface area contributed by atoms with Crippen molar-refractivity contribution in [2.45, 2.75) is 57.3 Å². The molecule has 0 aromatic carbocycles. The highest BCUT2D eigenvalue weighted by Crippen LogP contribution is 2.38. The molecule has 0 bridgehead atoms. The van der Waals surface area contributed by atoms with Gasteiger partial charge in [-0.25, -0.2) is 9.97 Å². The fourth-order valence-corrected chi connectivity index (χ4v) is 4.24. The molecule has 0 amide bonds. The number of hydrogen-bond acceptors (Lipinski definition) is 4. The Morgan fingerprint density at radius 1 is 1.14 bits per heavy atom. The number of anilines is 1. The van der Waals surface area contributed by atoms with E-state index < -0.39 is 0 Å². The first-order valence-corrected chi connectivity index (χ1v) is 9.26. The molecule has 1 aromatic rings. The Bertz CT molecular complexity index is 483. The molecule has 1 saturated carbocycles. The number of rotatable bonds is 4. The molecule has 2 fully saturated rings. The lowest BCUT2D eigenvalue weighted by Crippen LogP contribution is -2.20. The Kier molecular flexibility index (Phi) is 5.32. The zero-order valence-electron chi connectivity index (χ0n) is 12.7. The highest BCUT2D eigenvalue weighted by atomic mass is 127. The molecule has 2 heterocycles. The maximum atomic E-state index is 5.63. The van der Waals surface area contributed by atoms with Crippen LogP contribution in [0.3, 0.4) is 0 Å². The van der Waals surface area contributed by atoms with Gasteiger partial charge >= 0.3 is 0 Å². The topological polar surface area (TPSA) is 47.0 Å². The third-order valence-electron chi connectivity index (χ3n) is 4.51. The average Bonchev–Trinajstić information content (AvgIpc) is 3.04. The van der Waals surface area contributed by atoms with Gasteiger partial charge in [0.05, 0.1) is 15.9 Å². The average molecular weight is 401 g/mol. The van der Waals surface area contributed by atoms with E-state index in [1.807, 2.05) is 0 Å². The first kappa shape index (κ1) is 15.5. The third kappa shape index (κ3) is 3.50. The maximum Gasteiger partial charge on any atom is 0.143 e. The summed E-state index contributed by atoms with van der Waals surface area (Å²) in [5.41, 5.74) is 1.28. The summed E-state index contributed by atoms with van der Waals surface area (Å²) in [6.45, 7) is 4.68. The summed E-state index contributed by atoms with van der Waals surface area (Å²) in [4.78, 5) is 9.79. The van der Waals surface area contributed by atoms with Crippen molar-refractivity contribution in [3.8, 4) is 0 Å². The molecule has 3 rings (SSSR count). The first-order chi connectivity index (χ1) is 10.3. The summed E-state index contributed by atoms with van der Waals surface area (Å²) in [6.07, 6.45) is 7.50. The van der Waals surface area contributed by atoms with Gasteiger partial charge in [0, 0.05) is 25.0 Å². The molecule has 1 aromatic heterocycles. The van der Waals surface area contributed by atoms with Crippen LogP contribution in [0.5, 0.6) is 0 Å². The zero-order chi connectivity index (χ0) is 14.7. The molecular weight excluding hydrogens is 377 g/mol. The van der Waals surface area contributed by atoms with E-state index in [0.29, 0.717) is 11.8 Å². The van der Waals surface area contributed by atoms with E-state index in [0.717, 1.165) is 44.2 Å². The lowest BCUT2D eigenvalue weighted by Gasteiger charge is -2.23. The van der Waals surface area contributed by atoms with Crippen LogP contribution in [0.15, 0.2) is 0 Å². The molecule has 1 unspecified atom stereocenters. The number of nitrogens with zero attached hydrogens (tertiary/aromatic N) is 2. The Balaban J connectivity index is 1.94. The molecule has 0 radical (unpaired) electrons. The second kappa shape index (κ2) is 7.22. The van der Waals surface area contributed by atoms with Gasteiger partial charge in [-0.1, -0.05) is 12.8 Å². The zero-order valence-corrected chi connectivity index (χ0v) is 14.9. The van der Waals surface area contributed by atoms with E-state index >= 15 is 0 Å². The van der Waals surface area contributed by atoms with Crippen LogP contribution in [-0.4, -0.2) is 29.7 Å². The van der Waals surface area contributed by atoms with Gasteiger partial charge in [0.1, 0.15) is 11.6 Å². The Morgan fingerprint density at radius 3 is 2.57 bits per heavy atom. The molecule has 2 aliphatic rings. The minimum atomic E-state index is 0.369. The number of hydrogen-bond donors (Lipinski definition) is 1. The Morgan fingerprint density at radius 2 is 1.90 bits per heavy atom. The van der Waals surface area contributed by atoms with Crippen LogP contribution in [0.1, 0.15) is 68.8 Å². The molecule has 21 heavy (non-hydrogen) atoms. The van der Waals surface area contributed by atoms with Crippen LogP contribution in [0.2, 0.25) is 0 Å². The van der Waals surface area contributed by atoms with Gasteiger partial charge in [-0.3, -0.25) is 0 Å². The van der Waals surface area contributed by atoms with Crippen molar-refractivity contribution in [3.63, 3.8) is 0 Å². The van der Waals surface area contributed by atoms with Crippen LogP contribution in [0, 0.1) is 3.57 Å². The SMILES string of the molecule is CCNc1nc(C2CCCOC2)nc(C2CCCC2)c1I. The molecule has 1 N–H and O–H groups in total. The molecule has 1 aliphatic heterocycles. The van der Waals surface area contributed by atoms with Crippen molar-refractivity contribution in [3.05, 3.63) is 15.1 Å².